The Bertz CT molecular complexity index is 770. The summed E-state index contributed by atoms with van der Waals surface area (Å²) in [4.78, 5) is 17.1. The maximum absolute atomic E-state index is 12.9. The van der Waals surface area contributed by atoms with Gasteiger partial charge in [-0.1, -0.05) is 18.2 Å². The molecule has 0 saturated carbocycles. The fourth-order valence-corrected chi connectivity index (χ4v) is 4.04. The second-order valence-corrected chi connectivity index (χ2v) is 7.22. The summed E-state index contributed by atoms with van der Waals surface area (Å²) in [5.74, 6) is 0.784. The van der Waals surface area contributed by atoms with E-state index in [9.17, 15) is 4.79 Å². The zero-order valence-corrected chi connectivity index (χ0v) is 14.6. The molecule has 1 fully saturated rings. The molecule has 5 heteroatoms. The van der Waals surface area contributed by atoms with E-state index in [1.807, 2.05) is 4.90 Å². The van der Waals surface area contributed by atoms with Crippen LogP contribution >= 0.6 is 0 Å². The van der Waals surface area contributed by atoms with E-state index in [-0.39, 0.29) is 11.9 Å². The average molecular weight is 339 g/mol. The number of para-hydroxylation sites is 1. The van der Waals surface area contributed by atoms with Gasteiger partial charge in [-0.2, -0.15) is 0 Å². The maximum Gasteiger partial charge on any atom is 0.257 e. The van der Waals surface area contributed by atoms with Gasteiger partial charge in [-0.3, -0.25) is 4.79 Å². The Balaban J connectivity index is 1.55. The van der Waals surface area contributed by atoms with Crippen molar-refractivity contribution >= 4 is 11.6 Å². The lowest BCUT2D eigenvalue weighted by Crippen LogP contribution is -2.45. The normalized spacial score (nSPS) is 23.0. The number of hydrogen-bond donors (Lipinski definition) is 1. The van der Waals surface area contributed by atoms with Crippen LogP contribution in [0.4, 0.5) is 5.69 Å². The molecule has 1 aromatic carbocycles. The van der Waals surface area contributed by atoms with Crippen molar-refractivity contribution in [1.82, 2.24) is 4.90 Å². The number of benzene rings is 1. The Morgan fingerprint density at radius 1 is 1.32 bits per heavy atom. The second kappa shape index (κ2) is 6.56. The molecule has 2 atom stereocenters. The van der Waals surface area contributed by atoms with Crippen molar-refractivity contribution in [2.45, 2.75) is 44.8 Å². The molecule has 4 rings (SSSR count). The van der Waals surface area contributed by atoms with E-state index in [1.54, 1.807) is 12.3 Å². The third-order valence-corrected chi connectivity index (χ3v) is 5.38. The topological polar surface area (TPSA) is 62.7 Å². The highest BCUT2D eigenvalue weighted by molar-refractivity contribution is 5.95. The number of furan rings is 1. The SMILES string of the molecule is CC1Cc2ccccc2N1Cc1occc1C(=O)N1CCCC(N)C1. The van der Waals surface area contributed by atoms with Crippen molar-refractivity contribution in [1.29, 1.82) is 0 Å². The van der Waals surface area contributed by atoms with E-state index in [0.29, 0.717) is 24.7 Å². The minimum atomic E-state index is 0.0408. The average Bonchev–Trinajstić information content (AvgIpc) is 3.19. The number of amides is 1. The van der Waals surface area contributed by atoms with E-state index < -0.39 is 0 Å². The Labute approximate surface area is 148 Å². The van der Waals surface area contributed by atoms with Gasteiger partial charge in [0, 0.05) is 30.9 Å². The molecule has 3 heterocycles. The lowest BCUT2D eigenvalue weighted by molar-refractivity contribution is 0.0706. The van der Waals surface area contributed by atoms with Crippen LogP contribution < -0.4 is 10.6 Å². The summed E-state index contributed by atoms with van der Waals surface area (Å²) in [6.07, 6.45) is 4.61. The Morgan fingerprint density at radius 2 is 2.16 bits per heavy atom. The number of likely N-dealkylation sites (tertiary alicyclic amines) is 1. The highest BCUT2D eigenvalue weighted by Gasteiger charge is 2.30. The maximum atomic E-state index is 12.9. The molecular formula is C20H25N3O2. The van der Waals surface area contributed by atoms with Gasteiger partial charge in [-0.25, -0.2) is 0 Å². The number of fused-ring (bicyclic) bond motifs is 1. The van der Waals surface area contributed by atoms with Gasteiger partial charge in [0.05, 0.1) is 18.4 Å². The van der Waals surface area contributed by atoms with Crippen molar-refractivity contribution in [2.24, 2.45) is 5.73 Å². The predicted molar refractivity (Wildman–Crippen MR) is 97.6 cm³/mol. The zero-order chi connectivity index (χ0) is 17.4. The van der Waals surface area contributed by atoms with E-state index in [4.69, 9.17) is 10.2 Å². The molecule has 0 bridgehead atoms. The van der Waals surface area contributed by atoms with Gasteiger partial charge >= 0.3 is 0 Å². The first-order valence-corrected chi connectivity index (χ1v) is 9.09. The van der Waals surface area contributed by atoms with Gasteiger partial charge in [-0.15, -0.1) is 0 Å². The van der Waals surface area contributed by atoms with Crippen LogP contribution in [0.15, 0.2) is 41.0 Å². The van der Waals surface area contributed by atoms with Crippen molar-refractivity contribution < 1.29 is 9.21 Å². The van der Waals surface area contributed by atoms with E-state index >= 15 is 0 Å². The Hall–Kier alpha value is -2.27. The number of hydrogen-bond acceptors (Lipinski definition) is 4. The molecule has 1 saturated heterocycles. The number of rotatable bonds is 3. The van der Waals surface area contributed by atoms with Crippen molar-refractivity contribution in [3.05, 3.63) is 53.5 Å². The molecule has 0 aliphatic carbocycles. The van der Waals surface area contributed by atoms with E-state index in [0.717, 1.165) is 31.6 Å². The highest BCUT2D eigenvalue weighted by atomic mass is 16.3. The number of carbonyl (C=O) groups is 1. The highest BCUT2D eigenvalue weighted by Crippen LogP contribution is 2.33. The minimum absolute atomic E-state index is 0.0408. The zero-order valence-electron chi connectivity index (χ0n) is 14.6. The van der Waals surface area contributed by atoms with Crippen LogP contribution in [0.5, 0.6) is 0 Å². The van der Waals surface area contributed by atoms with Crippen LogP contribution in [0, 0.1) is 0 Å². The first-order valence-electron chi connectivity index (χ1n) is 9.09. The van der Waals surface area contributed by atoms with Crippen LogP contribution in [0.25, 0.3) is 0 Å². The van der Waals surface area contributed by atoms with Crippen molar-refractivity contribution in [3.63, 3.8) is 0 Å². The molecule has 2 unspecified atom stereocenters. The standard InChI is InChI=1S/C20H25N3O2/c1-14-11-15-5-2-3-7-18(15)23(14)13-19-17(8-10-25-19)20(24)22-9-4-6-16(21)12-22/h2-3,5,7-8,10,14,16H,4,6,9,11-13,21H2,1H3. The molecule has 25 heavy (non-hydrogen) atoms. The summed E-state index contributed by atoms with van der Waals surface area (Å²) < 4.78 is 5.71. The van der Waals surface area contributed by atoms with Crippen LogP contribution in [-0.2, 0) is 13.0 Å². The monoisotopic (exact) mass is 339 g/mol. The molecule has 0 radical (unpaired) electrons. The molecule has 2 aliphatic rings. The van der Waals surface area contributed by atoms with Crippen molar-refractivity contribution in [2.75, 3.05) is 18.0 Å². The molecule has 0 spiro atoms. The molecule has 2 aliphatic heterocycles. The third-order valence-electron chi connectivity index (χ3n) is 5.38. The van der Waals surface area contributed by atoms with Crippen LogP contribution in [0.3, 0.4) is 0 Å². The predicted octanol–water partition coefficient (Wildman–Crippen LogP) is 2.79. The van der Waals surface area contributed by atoms with Gasteiger partial charge in [0.15, 0.2) is 0 Å². The van der Waals surface area contributed by atoms with Crippen molar-refractivity contribution in [3.8, 4) is 0 Å². The Kier molecular flexibility index (Phi) is 4.25. The largest absolute Gasteiger partial charge is 0.467 e. The van der Waals surface area contributed by atoms with Gasteiger partial charge in [0.2, 0.25) is 0 Å². The number of anilines is 1. The second-order valence-electron chi connectivity index (χ2n) is 7.22. The summed E-state index contributed by atoms with van der Waals surface area (Å²) in [5.41, 5.74) is 9.30. The summed E-state index contributed by atoms with van der Waals surface area (Å²) in [6.45, 7) is 4.24. The molecule has 2 N–H and O–H groups in total. The number of nitrogens with zero attached hydrogens (tertiary/aromatic N) is 2. The van der Waals surface area contributed by atoms with Gasteiger partial charge < -0.3 is 20.0 Å². The molecule has 132 valence electrons. The molecule has 1 aromatic heterocycles. The van der Waals surface area contributed by atoms with Gasteiger partial charge in [0.25, 0.3) is 5.91 Å². The number of nitrogens with two attached hydrogens (primary N) is 1. The smallest absolute Gasteiger partial charge is 0.257 e. The lowest BCUT2D eigenvalue weighted by Gasteiger charge is -2.31. The molecule has 1 amide bonds. The minimum Gasteiger partial charge on any atom is -0.467 e. The van der Waals surface area contributed by atoms with E-state index in [1.165, 1.54) is 11.3 Å². The number of piperidine rings is 1. The summed E-state index contributed by atoms with van der Waals surface area (Å²) in [7, 11) is 0. The fraction of sp³-hybridized carbons (Fsp3) is 0.450. The van der Waals surface area contributed by atoms with Crippen LogP contribution in [-0.4, -0.2) is 36.0 Å². The number of carbonyl (C=O) groups excluding carboxylic acids is 1. The lowest BCUT2D eigenvalue weighted by atomic mass is 10.1. The van der Waals surface area contributed by atoms with Gasteiger partial charge in [0.1, 0.15) is 5.76 Å². The van der Waals surface area contributed by atoms with Gasteiger partial charge in [-0.05, 0) is 43.9 Å². The van der Waals surface area contributed by atoms with Crippen LogP contribution in [0.2, 0.25) is 0 Å². The van der Waals surface area contributed by atoms with Crippen LogP contribution in [0.1, 0.15) is 41.4 Å². The Morgan fingerprint density at radius 3 is 3.00 bits per heavy atom. The van der Waals surface area contributed by atoms with E-state index in [2.05, 4.69) is 36.1 Å². The molecule has 2 aromatic rings. The summed E-state index contributed by atoms with van der Waals surface area (Å²) in [6, 6.07) is 10.7. The molecular weight excluding hydrogens is 314 g/mol. The summed E-state index contributed by atoms with van der Waals surface area (Å²) >= 11 is 0. The quantitative estimate of drug-likeness (QED) is 0.934. The molecule has 5 nitrogen and oxygen atoms in total. The fourth-order valence-electron chi connectivity index (χ4n) is 4.04. The third kappa shape index (κ3) is 3.04. The first-order chi connectivity index (χ1) is 12.1. The first kappa shape index (κ1) is 16.2. The summed E-state index contributed by atoms with van der Waals surface area (Å²) in [5, 5.41) is 0.